The van der Waals surface area contributed by atoms with Gasteiger partial charge in [0.15, 0.2) is 0 Å². The molecule has 0 radical (unpaired) electrons. The maximum atomic E-state index is 12.1. The Morgan fingerprint density at radius 2 is 2.00 bits per heavy atom. The number of aromatic nitrogens is 2. The Morgan fingerprint density at radius 3 is 2.52 bits per heavy atom. The van der Waals surface area contributed by atoms with Gasteiger partial charge in [-0.2, -0.15) is 4.98 Å². The molecule has 0 aliphatic rings. The van der Waals surface area contributed by atoms with Gasteiger partial charge in [-0.05, 0) is 25.7 Å². The van der Waals surface area contributed by atoms with Crippen molar-refractivity contribution in [2.24, 2.45) is 5.41 Å². The number of carbonyl (C=O) groups is 1. The van der Waals surface area contributed by atoms with Gasteiger partial charge in [-0.1, -0.05) is 13.8 Å². The van der Waals surface area contributed by atoms with Crippen LogP contribution in [-0.2, 0) is 22.5 Å². The fraction of sp³-hybridized carbons (Fsp3) is 0.667. The zero-order chi connectivity index (χ0) is 16.2. The van der Waals surface area contributed by atoms with Gasteiger partial charge in [0.25, 0.3) is 0 Å². The zero-order valence-corrected chi connectivity index (χ0v) is 13.4. The lowest BCUT2D eigenvalue weighted by Crippen LogP contribution is -2.34. The van der Waals surface area contributed by atoms with Gasteiger partial charge in [-0.25, -0.2) is 4.79 Å². The second kappa shape index (κ2) is 6.85. The summed E-state index contributed by atoms with van der Waals surface area (Å²) in [4.78, 5) is 27.1. The van der Waals surface area contributed by atoms with Crippen molar-refractivity contribution in [2.45, 2.75) is 47.1 Å². The summed E-state index contributed by atoms with van der Waals surface area (Å²) >= 11 is 0. The van der Waals surface area contributed by atoms with E-state index >= 15 is 0 Å². The van der Waals surface area contributed by atoms with E-state index in [-0.39, 0.29) is 17.5 Å². The van der Waals surface area contributed by atoms with E-state index < -0.39 is 5.97 Å². The standard InChI is InChI=1S/C15H24N2O4/c1-10-12(8-13(18)19)11(2)17(14(20)16-10)9-15(3,4)6-7-21-5/h6-9H2,1-5H3,(H,18,19). The second-order valence-electron chi connectivity index (χ2n) is 6.11. The summed E-state index contributed by atoms with van der Waals surface area (Å²) in [6.45, 7) is 8.65. The maximum Gasteiger partial charge on any atom is 0.347 e. The molecule has 0 unspecified atom stereocenters. The largest absolute Gasteiger partial charge is 0.481 e. The third-order valence-corrected chi connectivity index (χ3v) is 3.67. The molecule has 0 aliphatic heterocycles. The molecule has 1 heterocycles. The van der Waals surface area contributed by atoms with E-state index in [9.17, 15) is 9.59 Å². The fourth-order valence-corrected chi connectivity index (χ4v) is 2.32. The molecular weight excluding hydrogens is 272 g/mol. The first-order valence-corrected chi connectivity index (χ1v) is 6.95. The molecular formula is C15H24N2O4. The summed E-state index contributed by atoms with van der Waals surface area (Å²) < 4.78 is 6.66. The van der Waals surface area contributed by atoms with E-state index in [0.29, 0.717) is 30.1 Å². The van der Waals surface area contributed by atoms with Gasteiger partial charge < -0.3 is 9.84 Å². The molecule has 0 aliphatic carbocycles. The first-order valence-electron chi connectivity index (χ1n) is 6.95. The molecule has 0 spiro atoms. The van der Waals surface area contributed by atoms with E-state index in [1.165, 1.54) is 0 Å². The molecule has 0 saturated heterocycles. The number of carboxylic acids is 1. The van der Waals surface area contributed by atoms with Crippen molar-refractivity contribution in [3.63, 3.8) is 0 Å². The minimum atomic E-state index is -0.924. The molecule has 0 atom stereocenters. The number of ether oxygens (including phenoxy) is 1. The van der Waals surface area contributed by atoms with Crippen molar-refractivity contribution in [3.05, 3.63) is 27.4 Å². The number of hydrogen-bond donors (Lipinski definition) is 1. The number of hydrogen-bond acceptors (Lipinski definition) is 4. The molecule has 1 rings (SSSR count). The van der Waals surface area contributed by atoms with Crippen LogP contribution in [-0.4, -0.2) is 34.3 Å². The van der Waals surface area contributed by atoms with E-state index in [4.69, 9.17) is 9.84 Å². The third kappa shape index (κ3) is 4.67. The van der Waals surface area contributed by atoms with Crippen molar-refractivity contribution in [2.75, 3.05) is 13.7 Å². The summed E-state index contributed by atoms with van der Waals surface area (Å²) in [6.07, 6.45) is 0.682. The van der Waals surface area contributed by atoms with Crippen LogP contribution in [0.3, 0.4) is 0 Å². The third-order valence-electron chi connectivity index (χ3n) is 3.67. The molecule has 1 N–H and O–H groups in total. The SMILES string of the molecule is COCCC(C)(C)Cn1c(C)c(CC(=O)O)c(C)nc1=O. The topological polar surface area (TPSA) is 81.4 Å². The van der Waals surface area contributed by atoms with Crippen LogP contribution in [0, 0.1) is 19.3 Å². The van der Waals surface area contributed by atoms with Crippen molar-refractivity contribution in [1.29, 1.82) is 0 Å². The van der Waals surface area contributed by atoms with Crippen LogP contribution < -0.4 is 5.69 Å². The number of rotatable bonds is 7. The lowest BCUT2D eigenvalue weighted by atomic mass is 9.89. The van der Waals surface area contributed by atoms with Gasteiger partial charge in [-0.3, -0.25) is 9.36 Å². The van der Waals surface area contributed by atoms with Crippen LogP contribution >= 0.6 is 0 Å². The highest BCUT2D eigenvalue weighted by molar-refractivity contribution is 5.70. The van der Waals surface area contributed by atoms with Gasteiger partial charge in [0, 0.05) is 37.2 Å². The Morgan fingerprint density at radius 1 is 1.38 bits per heavy atom. The van der Waals surface area contributed by atoms with Gasteiger partial charge >= 0.3 is 11.7 Å². The van der Waals surface area contributed by atoms with Crippen LogP contribution in [0.5, 0.6) is 0 Å². The van der Waals surface area contributed by atoms with Crippen LogP contribution in [0.25, 0.3) is 0 Å². The van der Waals surface area contributed by atoms with Gasteiger partial charge in [0.05, 0.1) is 6.42 Å². The van der Waals surface area contributed by atoms with Crippen molar-refractivity contribution >= 4 is 5.97 Å². The lowest BCUT2D eigenvalue weighted by Gasteiger charge is -2.27. The zero-order valence-electron chi connectivity index (χ0n) is 13.4. The second-order valence-corrected chi connectivity index (χ2v) is 6.11. The molecule has 0 saturated carbocycles. The first-order chi connectivity index (χ1) is 9.68. The first kappa shape index (κ1) is 17.4. The minimum Gasteiger partial charge on any atom is -0.481 e. The number of nitrogens with zero attached hydrogens (tertiary/aromatic N) is 2. The van der Waals surface area contributed by atoms with E-state index in [1.807, 2.05) is 0 Å². The summed E-state index contributed by atoms with van der Waals surface area (Å²) in [6, 6.07) is 0. The Bertz CT molecular complexity index is 576. The molecule has 118 valence electrons. The predicted octanol–water partition coefficient (Wildman–Crippen LogP) is 1.55. The molecule has 0 fully saturated rings. The summed E-state index contributed by atoms with van der Waals surface area (Å²) in [7, 11) is 1.64. The Labute approximate surface area is 124 Å². The average Bonchev–Trinajstić information content (AvgIpc) is 2.37. The van der Waals surface area contributed by atoms with Crippen LogP contribution in [0.1, 0.15) is 37.2 Å². The molecule has 6 heteroatoms. The van der Waals surface area contributed by atoms with E-state index in [1.54, 1.807) is 25.5 Å². The Kier molecular flexibility index (Phi) is 5.66. The monoisotopic (exact) mass is 296 g/mol. The lowest BCUT2D eigenvalue weighted by molar-refractivity contribution is -0.136. The van der Waals surface area contributed by atoms with Crippen LogP contribution in [0.15, 0.2) is 4.79 Å². The Hall–Kier alpha value is -1.69. The van der Waals surface area contributed by atoms with Gasteiger partial charge in [0.2, 0.25) is 0 Å². The highest BCUT2D eigenvalue weighted by Crippen LogP contribution is 2.23. The normalized spacial score (nSPS) is 11.7. The highest BCUT2D eigenvalue weighted by atomic mass is 16.5. The summed E-state index contributed by atoms with van der Waals surface area (Å²) in [5.41, 5.74) is 1.32. The fourth-order valence-electron chi connectivity index (χ4n) is 2.32. The molecule has 0 amide bonds. The molecule has 0 bridgehead atoms. The summed E-state index contributed by atoms with van der Waals surface area (Å²) in [5, 5.41) is 8.99. The number of carboxylic acid groups (broad SMARTS) is 1. The molecule has 21 heavy (non-hydrogen) atoms. The van der Waals surface area contributed by atoms with Gasteiger partial charge in [-0.15, -0.1) is 0 Å². The highest BCUT2D eigenvalue weighted by Gasteiger charge is 2.22. The van der Waals surface area contributed by atoms with E-state index in [2.05, 4.69) is 18.8 Å². The molecule has 6 nitrogen and oxygen atoms in total. The van der Waals surface area contributed by atoms with Crippen LogP contribution in [0.4, 0.5) is 0 Å². The Balaban J connectivity index is 3.18. The van der Waals surface area contributed by atoms with Crippen molar-refractivity contribution < 1.29 is 14.6 Å². The quantitative estimate of drug-likeness (QED) is 0.825. The van der Waals surface area contributed by atoms with Gasteiger partial charge in [0.1, 0.15) is 0 Å². The summed E-state index contributed by atoms with van der Waals surface area (Å²) in [5.74, 6) is -0.924. The molecule has 1 aromatic heterocycles. The van der Waals surface area contributed by atoms with Crippen LogP contribution in [0.2, 0.25) is 0 Å². The number of aryl methyl sites for hydroxylation is 1. The maximum absolute atomic E-state index is 12.1. The minimum absolute atomic E-state index is 0.122. The average molecular weight is 296 g/mol. The number of methoxy groups -OCH3 is 1. The smallest absolute Gasteiger partial charge is 0.347 e. The van der Waals surface area contributed by atoms with Crippen molar-refractivity contribution in [1.82, 2.24) is 9.55 Å². The van der Waals surface area contributed by atoms with E-state index in [0.717, 1.165) is 6.42 Å². The molecule has 1 aromatic rings. The number of aliphatic carboxylic acids is 1. The predicted molar refractivity (Wildman–Crippen MR) is 79.6 cm³/mol. The van der Waals surface area contributed by atoms with Crippen molar-refractivity contribution in [3.8, 4) is 0 Å². The molecule has 0 aromatic carbocycles.